The summed E-state index contributed by atoms with van der Waals surface area (Å²) in [6.07, 6.45) is 9.83. The van der Waals surface area contributed by atoms with Gasteiger partial charge in [0.25, 0.3) is 0 Å². The standard InChI is InChI=1S/3C15H24N2/c1-14(2,3)13-12-7-8-16-9-11(12)10-17(13)15(4,5)6;1-14(2,3)13-12-9-16-8-7-11(12)10-17(13)15(4,5)6;1-14(2,3)13-12-11(8-7-9-16-12)10-17(13)15(4,5)6/h3*7-9,13H,10H2,1-6H3. The summed E-state index contributed by atoms with van der Waals surface area (Å²) in [4.78, 5) is 21.0. The van der Waals surface area contributed by atoms with E-state index < -0.39 is 0 Å². The summed E-state index contributed by atoms with van der Waals surface area (Å²) in [6.45, 7) is 44.6. The molecule has 3 aliphatic heterocycles. The first kappa shape index (κ1) is 41.1. The molecule has 3 aromatic rings. The van der Waals surface area contributed by atoms with Crippen LogP contribution in [0.25, 0.3) is 0 Å². The quantitative estimate of drug-likeness (QED) is 0.233. The fourth-order valence-electron chi connectivity index (χ4n) is 8.42. The highest BCUT2D eigenvalue weighted by atomic mass is 15.3. The van der Waals surface area contributed by atoms with E-state index >= 15 is 0 Å². The lowest BCUT2D eigenvalue weighted by Gasteiger charge is -2.43. The molecule has 0 saturated carbocycles. The van der Waals surface area contributed by atoms with Gasteiger partial charge in [-0.15, -0.1) is 0 Å². The van der Waals surface area contributed by atoms with E-state index in [1.165, 1.54) is 33.5 Å². The average Bonchev–Trinajstić information content (AvgIpc) is 3.68. The molecular weight excluding hydrogens is 625 g/mol. The molecule has 0 radical (unpaired) electrons. The summed E-state index contributed by atoms with van der Waals surface area (Å²) >= 11 is 0. The van der Waals surface area contributed by atoms with Gasteiger partial charge in [0.15, 0.2) is 0 Å². The Morgan fingerprint density at radius 3 is 1.39 bits per heavy atom. The van der Waals surface area contributed by atoms with E-state index in [1.807, 2.05) is 30.9 Å². The van der Waals surface area contributed by atoms with Gasteiger partial charge in [-0.05, 0) is 125 Å². The first-order chi connectivity index (χ1) is 23.1. The number of rotatable bonds is 0. The third kappa shape index (κ3) is 9.29. The molecule has 3 unspecified atom stereocenters. The largest absolute Gasteiger partial charge is 0.287 e. The SMILES string of the molecule is CC(C)(C)C1c2ccncc2CN1C(C)(C)C.CC(C)(C)C1c2cnccc2CN1C(C)(C)C.CC(C)(C)C1c2ncccc2CN1C(C)(C)C. The number of hydrogen-bond donors (Lipinski definition) is 0. The lowest BCUT2D eigenvalue weighted by molar-refractivity contribution is 0.0292. The molecule has 0 saturated heterocycles. The second-order valence-electron chi connectivity index (χ2n) is 21.4. The Balaban J connectivity index is 0.000000172. The van der Waals surface area contributed by atoms with Crippen LogP contribution in [0.5, 0.6) is 0 Å². The van der Waals surface area contributed by atoms with Crippen molar-refractivity contribution in [1.82, 2.24) is 29.7 Å². The molecule has 6 heteroatoms. The van der Waals surface area contributed by atoms with E-state index in [2.05, 4.69) is 179 Å². The molecule has 282 valence electrons. The Bertz CT molecular complexity index is 1420. The highest BCUT2D eigenvalue weighted by Gasteiger charge is 2.45. The molecule has 0 amide bonds. The van der Waals surface area contributed by atoms with Gasteiger partial charge >= 0.3 is 0 Å². The first-order valence-electron chi connectivity index (χ1n) is 19.2. The van der Waals surface area contributed by atoms with Crippen LogP contribution in [0.3, 0.4) is 0 Å². The predicted octanol–water partition coefficient (Wildman–Crippen LogP) is 11.3. The maximum atomic E-state index is 4.63. The zero-order valence-electron chi connectivity index (χ0n) is 35.7. The Morgan fingerprint density at radius 1 is 0.451 bits per heavy atom. The van der Waals surface area contributed by atoms with Crippen molar-refractivity contribution in [2.45, 2.75) is 179 Å². The number of fused-ring (bicyclic) bond motifs is 3. The van der Waals surface area contributed by atoms with Crippen molar-refractivity contribution in [1.29, 1.82) is 0 Å². The molecule has 6 rings (SSSR count). The summed E-state index contributed by atoms with van der Waals surface area (Å²) in [7, 11) is 0. The van der Waals surface area contributed by atoms with Crippen LogP contribution in [0.4, 0.5) is 0 Å². The lowest BCUT2D eigenvalue weighted by atomic mass is 9.81. The van der Waals surface area contributed by atoms with Gasteiger partial charge in [0.2, 0.25) is 0 Å². The van der Waals surface area contributed by atoms with E-state index in [0.717, 1.165) is 19.6 Å². The Labute approximate surface area is 312 Å². The van der Waals surface area contributed by atoms with Crippen molar-refractivity contribution < 1.29 is 0 Å². The highest BCUT2D eigenvalue weighted by molar-refractivity contribution is 5.35. The predicted molar refractivity (Wildman–Crippen MR) is 215 cm³/mol. The van der Waals surface area contributed by atoms with Gasteiger partial charge in [0, 0.05) is 79.3 Å². The van der Waals surface area contributed by atoms with Crippen LogP contribution in [-0.2, 0) is 19.6 Å². The second kappa shape index (κ2) is 14.3. The van der Waals surface area contributed by atoms with Gasteiger partial charge < -0.3 is 0 Å². The van der Waals surface area contributed by atoms with Gasteiger partial charge in [-0.2, -0.15) is 0 Å². The fraction of sp³-hybridized carbons (Fsp3) is 0.667. The minimum Gasteiger partial charge on any atom is -0.287 e. The number of pyridine rings is 3. The van der Waals surface area contributed by atoms with Crippen LogP contribution in [-0.4, -0.2) is 46.3 Å². The molecule has 0 spiro atoms. The second-order valence-corrected chi connectivity index (χ2v) is 21.4. The highest BCUT2D eigenvalue weighted by Crippen LogP contribution is 2.49. The molecule has 3 atom stereocenters. The van der Waals surface area contributed by atoms with Crippen molar-refractivity contribution in [3.8, 4) is 0 Å². The van der Waals surface area contributed by atoms with Crippen molar-refractivity contribution in [3.05, 3.63) is 88.8 Å². The minimum absolute atomic E-state index is 0.179. The first-order valence-corrected chi connectivity index (χ1v) is 19.2. The average molecular weight is 697 g/mol. The maximum absolute atomic E-state index is 4.63. The molecule has 0 aromatic carbocycles. The maximum Gasteiger partial charge on any atom is 0.0625 e. The fourth-order valence-corrected chi connectivity index (χ4v) is 8.42. The molecule has 0 fully saturated rings. The minimum atomic E-state index is 0.179. The Hall–Kier alpha value is -2.67. The van der Waals surface area contributed by atoms with Crippen LogP contribution < -0.4 is 0 Å². The van der Waals surface area contributed by atoms with Crippen LogP contribution in [0.15, 0.2) is 55.2 Å². The van der Waals surface area contributed by atoms with Crippen molar-refractivity contribution in [2.75, 3.05) is 0 Å². The normalized spacial score (nSPS) is 21.6. The van der Waals surface area contributed by atoms with Gasteiger partial charge in [0.05, 0.1) is 11.7 Å². The van der Waals surface area contributed by atoms with Crippen molar-refractivity contribution in [3.63, 3.8) is 0 Å². The zero-order valence-corrected chi connectivity index (χ0v) is 35.7. The third-order valence-corrected chi connectivity index (χ3v) is 10.7. The third-order valence-electron chi connectivity index (χ3n) is 10.7. The van der Waals surface area contributed by atoms with E-state index in [1.54, 1.807) is 0 Å². The van der Waals surface area contributed by atoms with E-state index in [-0.39, 0.29) is 32.9 Å². The van der Waals surface area contributed by atoms with Crippen LogP contribution in [0.2, 0.25) is 0 Å². The van der Waals surface area contributed by atoms with Crippen molar-refractivity contribution in [2.24, 2.45) is 16.2 Å². The number of nitrogens with zero attached hydrogens (tertiary/aromatic N) is 6. The zero-order chi connectivity index (χ0) is 38.5. The van der Waals surface area contributed by atoms with Crippen LogP contribution in [0, 0.1) is 16.2 Å². The van der Waals surface area contributed by atoms with Crippen molar-refractivity contribution >= 4 is 0 Å². The topological polar surface area (TPSA) is 48.4 Å². The summed E-state index contributed by atoms with van der Waals surface area (Å²) in [5.74, 6) is 0. The number of aromatic nitrogens is 3. The smallest absolute Gasteiger partial charge is 0.0625 e. The molecular formula is C45H72N6. The molecule has 6 nitrogen and oxygen atoms in total. The van der Waals surface area contributed by atoms with E-state index in [0.29, 0.717) is 18.1 Å². The van der Waals surface area contributed by atoms with Crippen LogP contribution in [0.1, 0.15) is 176 Å². The van der Waals surface area contributed by atoms with Gasteiger partial charge in [0.1, 0.15) is 0 Å². The summed E-state index contributed by atoms with van der Waals surface area (Å²) in [5.41, 5.74) is 9.63. The molecule has 3 aliphatic rings. The number of hydrogen-bond acceptors (Lipinski definition) is 6. The molecule has 0 N–H and O–H groups in total. The van der Waals surface area contributed by atoms with Gasteiger partial charge in [-0.3, -0.25) is 29.7 Å². The molecule has 0 bridgehead atoms. The molecule has 0 aliphatic carbocycles. The lowest BCUT2D eigenvalue weighted by Crippen LogP contribution is -2.44. The van der Waals surface area contributed by atoms with Crippen LogP contribution >= 0.6 is 0 Å². The van der Waals surface area contributed by atoms with Gasteiger partial charge in [-0.1, -0.05) is 68.4 Å². The monoisotopic (exact) mass is 697 g/mol. The van der Waals surface area contributed by atoms with Gasteiger partial charge in [-0.25, -0.2) is 0 Å². The Kier molecular flexibility index (Phi) is 11.5. The summed E-state index contributed by atoms with van der Waals surface area (Å²) in [6, 6.07) is 9.99. The molecule has 3 aromatic heterocycles. The van der Waals surface area contributed by atoms with E-state index in [9.17, 15) is 0 Å². The summed E-state index contributed by atoms with van der Waals surface area (Å²) < 4.78 is 0. The molecule has 6 heterocycles. The Morgan fingerprint density at radius 2 is 0.882 bits per heavy atom. The molecule has 51 heavy (non-hydrogen) atoms. The van der Waals surface area contributed by atoms with E-state index in [4.69, 9.17) is 0 Å². The summed E-state index contributed by atoms with van der Waals surface area (Å²) in [5, 5.41) is 0.